The molecule has 1 saturated heterocycles. The minimum atomic E-state index is -0.0913. The largest absolute Gasteiger partial charge is 0.466 e. The Labute approximate surface area is 191 Å². The summed E-state index contributed by atoms with van der Waals surface area (Å²) in [7, 11) is 0. The number of pyridine rings is 1. The van der Waals surface area contributed by atoms with Crippen LogP contribution in [0, 0.1) is 5.92 Å². The van der Waals surface area contributed by atoms with Crippen molar-refractivity contribution in [1.82, 2.24) is 15.2 Å². The molecule has 6 nitrogen and oxygen atoms in total. The molecule has 0 atom stereocenters. The molecule has 0 amide bonds. The number of halogens is 1. The molecule has 1 fully saturated rings. The first-order chi connectivity index (χ1) is 15.6. The molecular weight excluding hydrogens is 424 g/mol. The highest BCUT2D eigenvalue weighted by Crippen LogP contribution is 2.33. The summed E-state index contributed by atoms with van der Waals surface area (Å²) < 4.78 is 5.22. The molecule has 32 heavy (non-hydrogen) atoms. The van der Waals surface area contributed by atoms with Gasteiger partial charge in [0.2, 0.25) is 0 Å². The van der Waals surface area contributed by atoms with Gasteiger partial charge in [-0.1, -0.05) is 48.0 Å². The topological polar surface area (TPSA) is 68.2 Å². The number of rotatable bonds is 4. The fraction of sp³-hybridized carbons (Fsp3) is 0.280. The Morgan fingerprint density at radius 3 is 2.50 bits per heavy atom. The van der Waals surface area contributed by atoms with Crippen LogP contribution in [0.25, 0.3) is 33.1 Å². The number of anilines is 1. The lowest BCUT2D eigenvalue weighted by molar-refractivity contribution is -0.148. The second-order valence-electron chi connectivity index (χ2n) is 7.96. The fourth-order valence-corrected chi connectivity index (χ4v) is 4.43. The van der Waals surface area contributed by atoms with Gasteiger partial charge in [-0.25, -0.2) is 4.98 Å². The second kappa shape index (κ2) is 8.71. The van der Waals surface area contributed by atoms with E-state index in [0.29, 0.717) is 11.6 Å². The maximum Gasteiger partial charge on any atom is 0.309 e. The van der Waals surface area contributed by atoms with Gasteiger partial charge >= 0.3 is 5.97 Å². The Hall–Kier alpha value is -3.25. The predicted octanol–water partition coefficient (Wildman–Crippen LogP) is 5.28. The smallest absolute Gasteiger partial charge is 0.309 e. The van der Waals surface area contributed by atoms with Crippen molar-refractivity contribution >= 4 is 45.2 Å². The lowest BCUT2D eigenvalue weighted by Crippen LogP contribution is -2.37. The first kappa shape index (κ1) is 20.6. The molecule has 2 aromatic heterocycles. The second-order valence-corrected chi connectivity index (χ2v) is 8.40. The van der Waals surface area contributed by atoms with E-state index in [4.69, 9.17) is 21.3 Å². The van der Waals surface area contributed by atoms with Crippen molar-refractivity contribution in [1.29, 1.82) is 0 Å². The highest BCUT2D eigenvalue weighted by molar-refractivity contribution is 6.30. The maximum absolute atomic E-state index is 12.1. The van der Waals surface area contributed by atoms with E-state index in [1.54, 1.807) is 0 Å². The standard InChI is InChI=1S/C25H23ClN4O2/c1-2-32-25(31)17-11-13-30(14-12-17)24-20-6-4-3-5-19(20)23-22(27-24)15-21(28-29-23)16-7-9-18(26)10-8-16/h3-10,15,17H,2,11-14H2,1H3. The Bertz CT molecular complexity index is 1280. The minimum Gasteiger partial charge on any atom is -0.466 e. The van der Waals surface area contributed by atoms with Crippen LogP contribution in [0.5, 0.6) is 0 Å². The van der Waals surface area contributed by atoms with Crippen LogP contribution in [0.2, 0.25) is 5.02 Å². The van der Waals surface area contributed by atoms with Crippen LogP contribution in [0.3, 0.4) is 0 Å². The number of nitrogens with zero attached hydrogens (tertiary/aromatic N) is 4. The first-order valence-electron chi connectivity index (χ1n) is 10.9. The van der Waals surface area contributed by atoms with Crippen molar-refractivity contribution in [2.75, 3.05) is 24.6 Å². The van der Waals surface area contributed by atoms with Crippen molar-refractivity contribution in [3.05, 3.63) is 59.6 Å². The zero-order valence-electron chi connectivity index (χ0n) is 17.8. The van der Waals surface area contributed by atoms with Gasteiger partial charge < -0.3 is 9.64 Å². The van der Waals surface area contributed by atoms with E-state index in [9.17, 15) is 4.79 Å². The summed E-state index contributed by atoms with van der Waals surface area (Å²) >= 11 is 6.03. The van der Waals surface area contributed by atoms with E-state index in [0.717, 1.165) is 64.8 Å². The monoisotopic (exact) mass is 446 g/mol. The number of carbonyl (C=O) groups excluding carboxylic acids is 1. The molecule has 0 aliphatic carbocycles. The highest BCUT2D eigenvalue weighted by Gasteiger charge is 2.27. The Balaban J connectivity index is 1.54. The van der Waals surface area contributed by atoms with Crippen LogP contribution in [0.15, 0.2) is 54.6 Å². The molecule has 7 heteroatoms. The van der Waals surface area contributed by atoms with E-state index < -0.39 is 0 Å². The van der Waals surface area contributed by atoms with Gasteiger partial charge in [0, 0.05) is 34.4 Å². The Morgan fingerprint density at radius 2 is 1.78 bits per heavy atom. The van der Waals surface area contributed by atoms with E-state index >= 15 is 0 Å². The molecule has 2 aromatic carbocycles. The Morgan fingerprint density at radius 1 is 1.06 bits per heavy atom. The van der Waals surface area contributed by atoms with Gasteiger partial charge in [0.15, 0.2) is 0 Å². The van der Waals surface area contributed by atoms with Crippen LogP contribution in [0.4, 0.5) is 5.82 Å². The first-order valence-corrected chi connectivity index (χ1v) is 11.3. The van der Waals surface area contributed by atoms with Crippen molar-refractivity contribution in [3.8, 4) is 11.3 Å². The average Bonchev–Trinajstić information content (AvgIpc) is 2.84. The molecule has 0 spiro atoms. The molecule has 0 bridgehead atoms. The molecule has 0 unspecified atom stereocenters. The zero-order chi connectivity index (χ0) is 22.1. The molecule has 0 saturated carbocycles. The molecular formula is C25H23ClN4O2. The highest BCUT2D eigenvalue weighted by atomic mass is 35.5. The van der Waals surface area contributed by atoms with Crippen LogP contribution < -0.4 is 4.90 Å². The fourth-order valence-electron chi connectivity index (χ4n) is 4.31. The predicted molar refractivity (Wildman–Crippen MR) is 127 cm³/mol. The summed E-state index contributed by atoms with van der Waals surface area (Å²) in [5.41, 5.74) is 3.27. The molecule has 1 aliphatic rings. The van der Waals surface area contributed by atoms with E-state index in [2.05, 4.69) is 27.2 Å². The van der Waals surface area contributed by atoms with Crippen LogP contribution >= 0.6 is 11.6 Å². The van der Waals surface area contributed by atoms with Crippen LogP contribution in [0.1, 0.15) is 19.8 Å². The minimum absolute atomic E-state index is 0.0414. The molecule has 162 valence electrons. The van der Waals surface area contributed by atoms with Gasteiger partial charge in [0.25, 0.3) is 0 Å². The lowest BCUT2D eigenvalue weighted by Gasteiger charge is -2.32. The quantitative estimate of drug-likeness (QED) is 0.314. The summed E-state index contributed by atoms with van der Waals surface area (Å²) in [5.74, 6) is 0.789. The van der Waals surface area contributed by atoms with Gasteiger partial charge in [-0.15, -0.1) is 10.2 Å². The lowest BCUT2D eigenvalue weighted by atomic mass is 9.96. The van der Waals surface area contributed by atoms with E-state index in [1.165, 1.54) is 0 Å². The molecule has 0 radical (unpaired) electrons. The Kier molecular flexibility index (Phi) is 5.62. The van der Waals surface area contributed by atoms with E-state index in [-0.39, 0.29) is 11.9 Å². The molecule has 4 aromatic rings. The van der Waals surface area contributed by atoms with E-state index in [1.807, 2.05) is 49.4 Å². The third-order valence-electron chi connectivity index (χ3n) is 5.98. The van der Waals surface area contributed by atoms with Crippen LogP contribution in [-0.2, 0) is 9.53 Å². The van der Waals surface area contributed by atoms with Crippen molar-refractivity contribution in [2.24, 2.45) is 5.92 Å². The summed E-state index contributed by atoms with van der Waals surface area (Å²) in [4.78, 5) is 19.4. The number of aromatic nitrogens is 3. The summed E-state index contributed by atoms with van der Waals surface area (Å²) in [5, 5.41) is 11.7. The number of ether oxygens (including phenoxy) is 1. The summed E-state index contributed by atoms with van der Waals surface area (Å²) in [6, 6.07) is 17.7. The molecule has 3 heterocycles. The van der Waals surface area contributed by atoms with Gasteiger partial charge in [-0.2, -0.15) is 0 Å². The van der Waals surface area contributed by atoms with Gasteiger partial charge in [0.1, 0.15) is 11.3 Å². The number of fused-ring (bicyclic) bond motifs is 3. The maximum atomic E-state index is 12.1. The summed E-state index contributed by atoms with van der Waals surface area (Å²) in [6.07, 6.45) is 1.52. The van der Waals surface area contributed by atoms with Crippen molar-refractivity contribution in [2.45, 2.75) is 19.8 Å². The number of benzene rings is 2. The number of piperidine rings is 1. The number of hydrogen-bond acceptors (Lipinski definition) is 6. The SMILES string of the molecule is CCOC(=O)C1CCN(c2nc3cc(-c4ccc(Cl)cc4)nnc3c3ccccc23)CC1. The molecule has 0 N–H and O–H groups in total. The number of hydrogen-bond donors (Lipinski definition) is 0. The van der Waals surface area contributed by atoms with Crippen LogP contribution in [-0.4, -0.2) is 40.8 Å². The number of carbonyl (C=O) groups is 1. The zero-order valence-corrected chi connectivity index (χ0v) is 18.5. The number of esters is 1. The third kappa shape index (κ3) is 3.86. The van der Waals surface area contributed by atoms with Gasteiger partial charge in [-0.3, -0.25) is 4.79 Å². The molecule has 1 aliphatic heterocycles. The van der Waals surface area contributed by atoms with Crippen molar-refractivity contribution in [3.63, 3.8) is 0 Å². The average molecular weight is 447 g/mol. The molecule has 5 rings (SSSR count). The summed E-state index contributed by atoms with van der Waals surface area (Å²) in [6.45, 7) is 3.79. The van der Waals surface area contributed by atoms with Gasteiger partial charge in [0.05, 0.1) is 23.7 Å². The third-order valence-corrected chi connectivity index (χ3v) is 6.23. The normalized spacial score (nSPS) is 14.8. The van der Waals surface area contributed by atoms with Crippen molar-refractivity contribution < 1.29 is 9.53 Å². The van der Waals surface area contributed by atoms with Gasteiger partial charge in [-0.05, 0) is 38.0 Å².